The molecule has 1 saturated carbocycles. The van der Waals surface area contributed by atoms with Crippen molar-refractivity contribution in [2.24, 2.45) is 0 Å². The van der Waals surface area contributed by atoms with Crippen LogP contribution in [0.5, 0.6) is 0 Å². The summed E-state index contributed by atoms with van der Waals surface area (Å²) in [7, 11) is 0. The zero-order valence-electron chi connectivity index (χ0n) is 13.7. The molecule has 2 N–H and O–H groups in total. The van der Waals surface area contributed by atoms with Gasteiger partial charge in [0.2, 0.25) is 5.16 Å². The number of thioether (sulfide) groups is 1. The van der Waals surface area contributed by atoms with E-state index in [1.54, 1.807) is 16.4 Å². The van der Waals surface area contributed by atoms with Gasteiger partial charge in [-0.25, -0.2) is 4.68 Å². The highest BCUT2D eigenvalue weighted by atomic mass is 32.2. The Hall–Kier alpha value is -2.01. The molecule has 4 rings (SSSR count). The molecule has 0 unspecified atom stereocenters. The van der Waals surface area contributed by atoms with Gasteiger partial charge < -0.3 is 5.84 Å². The van der Waals surface area contributed by atoms with Crippen molar-refractivity contribution in [2.45, 2.75) is 48.9 Å². The molecule has 0 saturated heterocycles. The van der Waals surface area contributed by atoms with E-state index in [4.69, 9.17) is 5.84 Å². The summed E-state index contributed by atoms with van der Waals surface area (Å²) < 4.78 is 1.71. The Morgan fingerprint density at radius 1 is 1.00 bits per heavy atom. The third kappa shape index (κ3) is 3.00. The molecule has 124 valence electrons. The number of nitrogens with zero attached hydrogens (tertiary/aromatic N) is 3. The van der Waals surface area contributed by atoms with Crippen LogP contribution in [0.1, 0.15) is 49.4 Å². The van der Waals surface area contributed by atoms with Crippen molar-refractivity contribution in [3.8, 4) is 0 Å². The minimum atomic E-state index is 0.475. The lowest BCUT2D eigenvalue weighted by atomic mass is 9.89. The van der Waals surface area contributed by atoms with E-state index in [2.05, 4.69) is 52.7 Å². The van der Waals surface area contributed by atoms with Crippen molar-refractivity contribution in [3.63, 3.8) is 0 Å². The van der Waals surface area contributed by atoms with Crippen LogP contribution < -0.4 is 5.84 Å². The highest BCUT2D eigenvalue weighted by Gasteiger charge is 2.22. The largest absolute Gasteiger partial charge is 0.336 e. The first-order valence-corrected chi connectivity index (χ1v) is 9.61. The third-order valence-electron chi connectivity index (χ3n) is 4.90. The summed E-state index contributed by atoms with van der Waals surface area (Å²) in [5.74, 6) is 8.56. The number of nitrogen functional groups attached to an aromatic ring is 1. The van der Waals surface area contributed by atoms with E-state index in [1.165, 1.54) is 48.4 Å². The topological polar surface area (TPSA) is 56.7 Å². The van der Waals surface area contributed by atoms with E-state index >= 15 is 0 Å². The molecule has 0 atom stereocenters. The molecule has 0 radical (unpaired) electrons. The molecule has 0 bridgehead atoms. The summed E-state index contributed by atoms with van der Waals surface area (Å²) in [4.78, 5) is 0. The van der Waals surface area contributed by atoms with E-state index < -0.39 is 0 Å². The number of fused-ring (bicyclic) bond motifs is 1. The van der Waals surface area contributed by atoms with Crippen LogP contribution in [0, 0.1) is 0 Å². The van der Waals surface area contributed by atoms with Gasteiger partial charge in [-0.15, -0.1) is 10.2 Å². The second-order valence-corrected chi connectivity index (χ2v) is 7.42. The SMILES string of the molecule is Nn1c(SCc2cccc3ccccc23)nnc1C1CCCCC1. The Balaban J connectivity index is 1.52. The lowest BCUT2D eigenvalue weighted by molar-refractivity contribution is 0.421. The lowest BCUT2D eigenvalue weighted by Gasteiger charge is -2.20. The molecule has 1 heterocycles. The summed E-state index contributed by atoms with van der Waals surface area (Å²) in [6.07, 6.45) is 6.25. The minimum Gasteiger partial charge on any atom is -0.336 e. The van der Waals surface area contributed by atoms with E-state index in [1.807, 2.05) is 0 Å². The van der Waals surface area contributed by atoms with Gasteiger partial charge in [-0.05, 0) is 29.2 Å². The summed E-state index contributed by atoms with van der Waals surface area (Å²) in [6, 6.07) is 14.9. The van der Waals surface area contributed by atoms with Crippen LogP contribution in [-0.2, 0) is 5.75 Å². The van der Waals surface area contributed by atoms with Crippen molar-refractivity contribution in [1.82, 2.24) is 14.9 Å². The van der Waals surface area contributed by atoms with Gasteiger partial charge in [-0.3, -0.25) is 0 Å². The van der Waals surface area contributed by atoms with Crippen molar-refractivity contribution in [3.05, 3.63) is 53.9 Å². The molecule has 0 spiro atoms. The summed E-state index contributed by atoms with van der Waals surface area (Å²) in [6.45, 7) is 0. The molecule has 2 aromatic carbocycles. The van der Waals surface area contributed by atoms with Crippen LogP contribution in [0.4, 0.5) is 0 Å². The summed E-state index contributed by atoms with van der Waals surface area (Å²) in [5, 5.41) is 12.1. The molecule has 1 aliphatic carbocycles. The zero-order chi connectivity index (χ0) is 16.4. The van der Waals surface area contributed by atoms with Gasteiger partial charge in [-0.1, -0.05) is 73.5 Å². The Morgan fingerprint density at radius 3 is 2.67 bits per heavy atom. The fraction of sp³-hybridized carbons (Fsp3) is 0.368. The normalized spacial score (nSPS) is 15.8. The Morgan fingerprint density at radius 2 is 1.79 bits per heavy atom. The van der Waals surface area contributed by atoms with Crippen LogP contribution >= 0.6 is 11.8 Å². The van der Waals surface area contributed by atoms with Gasteiger partial charge in [-0.2, -0.15) is 0 Å². The van der Waals surface area contributed by atoms with Crippen LogP contribution in [0.3, 0.4) is 0 Å². The van der Waals surface area contributed by atoms with E-state index in [-0.39, 0.29) is 0 Å². The van der Waals surface area contributed by atoms with Crippen LogP contribution in [0.25, 0.3) is 10.8 Å². The molecule has 1 aromatic heterocycles. The number of rotatable bonds is 4. The molecule has 0 amide bonds. The molecular weight excluding hydrogens is 316 g/mol. The lowest BCUT2D eigenvalue weighted by Crippen LogP contribution is -2.18. The maximum absolute atomic E-state index is 6.28. The van der Waals surface area contributed by atoms with Gasteiger partial charge in [0, 0.05) is 11.7 Å². The van der Waals surface area contributed by atoms with Crippen LogP contribution in [0.2, 0.25) is 0 Å². The van der Waals surface area contributed by atoms with Gasteiger partial charge in [0.25, 0.3) is 0 Å². The average Bonchev–Trinajstić information content (AvgIpc) is 3.01. The van der Waals surface area contributed by atoms with Gasteiger partial charge in [0.15, 0.2) is 5.82 Å². The Labute approximate surface area is 146 Å². The zero-order valence-corrected chi connectivity index (χ0v) is 14.5. The maximum atomic E-state index is 6.28. The standard InChI is InChI=1S/C19H22N4S/c20-23-18(15-8-2-1-3-9-15)21-22-19(23)24-13-16-11-6-10-14-7-4-5-12-17(14)16/h4-7,10-12,15H,1-3,8-9,13,20H2. The van der Waals surface area contributed by atoms with Gasteiger partial charge >= 0.3 is 0 Å². The van der Waals surface area contributed by atoms with Crippen molar-refractivity contribution in [2.75, 3.05) is 5.84 Å². The monoisotopic (exact) mass is 338 g/mol. The Kier molecular flexibility index (Phi) is 4.43. The number of hydrogen-bond donors (Lipinski definition) is 1. The molecule has 4 nitrogen and oxygen atoms in total. The number of aromatic nitrogens is 3. The molecule has 1 fully saturated rings. The number of nitrogens with two attached hydrogens (primary N) is 1. The highest BCUT2D eigenvalue weighted by Crippen LogP contribution is 2.33. The number of hydrogen-bond acceptors (Lipinski definition) is 4. The van der Waals surface area contributed by atoms with Gasteiger partial charge in [0.05, 0.1) is 0 Å². The van der Waals surface area contributed by atoms with Gasteiger partial charge in [0.1, 0.15) is 0 Å². The molecule has 24 heavy (non-hydrogen) atoms. The van der Waals surface area contributed by atoms with E-state index in [9.17, 15) is 0 Å². The second-order valence-electron chi connectivity index (χ2n) is 6.47. The first-order valence-electron chi connectivity index (χ1n) is 8.63. The van der Waals surface area contributed by atoms with Crippen LogP contribution in [0.15, 0.2) is 47.6 Å². The van der Waals surface area contributed by atoms with Crippen molar-refractivity contribution < 1.29 is 0 Å². The smallest absolute Gasteiger partial charge is 0.210 e. The fourth-order valence-corrected chi connectivity index (χ4v) is 4.45. The summed E-state index contributed by atoms with van der Waals surface area (Å²) >= 11 is 1.66. The fourth-order valence-electron chi connectivity index (χ4n) is 3.59. The first-order chi connectivity index (χ1) is 11.8. The second kappa shape index (κ2) is 6.85. The van der Waals surface area contributed by atoms with E-state index in [0.29, 0.717) is 5.92 Å². The average molecular weight is 338 g/mol. The minimum absolute atomic E-state index is 0.475. The van der Waals surface area contributed by atoms with Crippen molar-refractivity contribution >= 4 is 22.5 Å². The number of benzene rings is 2. The third-order valence-corrected chi connectivity index (χ3v) is 5.89. The Bertz CT molecular complexity index is 831. The molecular formula is C19H22N4S. The maximum Gasteiger partial charge on any atom is 0.210 e. The van der Waals surface area contributed by atoms with Crippen molar-refractivity contribution in [1.29, 1.82) is 0 Å². The first kappa shape index (κ1) is 15.5. The molecule has 0 aliphatic heterocycles. The molecule has 1 aliphatic rings. The van der Waals surface area contributed by atoms with E-state index in [0.717, 1.165) is 16.7 Å². The predicted molar refractivity (Wildman–Crippen MR) is 99.5 cm³/mol. The highest BCUT2D eigenvalue weighted by molar-refractivity contribution is 7.98. The van der Waals surface area contributed by atoms with Crippen LogP contribution in [-0.4, -0.2) is 14.9 Å². The quantitative estimate of drug-likeness (QED) is 0.563. The predicted octanol–water partition coefficient (Wildman–Crippen LogP) is 4.49. The summed E-state index contributed by atoms with van der Waals surface area (Å²) in [5.41, 5.74) is 1.31. The molecule has 5 heteroatoms. The molecule has 3 aromatic rings.